The first-order valence-electron chi connectivity index (χ1n) is 7.09. The maximum absolute atomic E-state index is 13.9. The molecule has 4 N–H and O–H groups in total. The van der Waals surface area contributed by atoms with Crippen LogP contribution in [0.1, 0.15) is 37.3 Å². The first kappa shape index (κ1) is 14.8. The molecule has 0 radical (unpaired) electrons. The van der Waals surface area contributed by atoms with Gasteiger partial charge >= 0.3 is 0 Å². The number of hydrogen-bond donors (Lipinski definition) is 3. The van der Waals surface area contributed by atoms with Crippen LogP contribution in [-0.4, -0.2) is 17.6 Å². The van der Waals surface area contributed by atoms with Crippen LogP contribution >= 0.6 is 0 Å². The molecule has 4 nitrogen and oxygen atoms in total. The number of hydrogen-bond acceptors (Lipinski definition) is 3. The molecular weight excluding hydrogens is 257 g/mol. The molecule has 0 amide bonds. The molecule has 2 rings (SSSR count). The molecule has 2 unspecified atom stereocenters. The van der Waals surface area contributed by atoms with Gasteiger partial charge in [-0.1, -0.05) is 37.1 Å². The maximum Gasteiger partial charge on any atom is 0.170 e. The monoisotopic (exact) mass is 279 g/mol. The SMILES string of the molecule is CC1CCCC1CNCc1ccc(/C(N)=N/O)cc1F. The number of oxime groups is 1. The Balaban J connectivity index is 1.90. The average Bonchev–Trinajstić information content (AvgIpc) is 2.85. The summed E-state index contributed by atoms with van der Waals surface area (Å²) < 4.78 is 13.9. The van der Waals surface area contributed by atoms with E-state index >= 15 is 0 Å². The topological polar surface area (TPSA) is 70.6 Å². The van der Waals surface area contributed by atoms with Crippen LogP contribution in [0.25, 0.3) is 0 Å². The van der Waals surface area contributed by atoms with E-state index in [2.05, 4.69) is 17.4 Å². The Morgan fingerprint density at radius 1 is 1.50 bits per heavy atom. The van der Waals surface area contributed by atoms with E-state index in [9.17, 15) is 4.39 Å². The summed E-state index contributed by atoms with van der Waals surface area (Å²) >= 11 is 0. The van der Waals surface area contributed by atoms with Gasteiger partial charge in [0, 0.05) is 17.7 Å². The first-order valence-corrected chi connectivity index (χ1v) is 7.09. The van der Waals surface area contributed by atoms with Crippen LogP contribution in [0.4, 0.5) is 4.39 Å². The third-order valence-electron chi connectivity index (χ3n) is 4.22. The van der Waals surface area contributed by atoms with Gasteiger partial charge in [-0.2, -0.15) is 0 Å². The molecule has 110 valence electrons. The fourth-order valence-electron chi connectivity index (χ4n) is 2.83. The molecule has 1 aromatic rings. The van der Waals surface area contributed by atoms with Crippen molar-refractivity contribution in [2.24, 2.45) is 22.7 Å². The van der Waals surface area contributed by atoms with Crippen LogP contribution in [0, 0.1) is 17.7 Å². The molecule has 5 heteroatoms. The number of nitrogens with two attached hydrogens (primary N) is 1. The minimum absolute atomic E-state index is 0.0804. The van der Waals surface area contributed by atoms with Crippen molar-refractivity contribution in [1.82, 2.24) is 5.32 Å². The number of nitrogens with one attached hydrogen (secondary N) is 1. The molecule has 1 aliphatic rings. The van der Waals surface area contributed by atoms with Crippen LogP contribution in [-0.2, 0) is 6.54 Å². The summed E-state index contributed by atoms with van der Waals surface area (Å²) in [4.78, 5) is 0. The van der Waals surface area contributed by atoms with E-state index in [4.69, 9.17) is 10.9 Å². The van der Waals surface area contributed by atoms with Crippen LogP contribution < -0.4 is 11.1 Å². The number of benzene rings is 1. The Hall–Kier alpha value is -1.62. The average molecular weight is 279 g/mol. The van der Waals surface area contributed by atoms with Crippen LogP contribution in [0.15, 0.2) is 23.4 Å². The summed E-state index contributed by atoms with van der Waals surface area (Å²) in [5.74, 6) is 1.05. The van der Waals surface area contributed by atoms with Gasteiger partial charge in [0.1, 0.15) is 5.82 Å². The zero-order valence-corrected chi connectivity index (χ0v) is 11.8. The Morgan fingerprint density at radius 3 is 2.90 bits per heavy atom. The first-order chi connectivity index (χ1) is 9.61. The molecule has 0 aromatic heterocycles. The van der Waals surface area contributed by atoms with Crippen molar-refractivity contribution < 1.29 is 9.60 Å². The van der Waals surface area contributed by atoms with Crippen LogP contribution in [0.2, 0.25) is 0 Å². The molecule has 0 saturated heterocycles. The molecule has 1 aromatic carbocycles. The second kappa shape index (κ2) is 6.70. The fourth-order valence-corrected chi connectivity index (χ4v) is 2.83. The second-order valence-corrected chi connectivity index (χ2v) is 5.59. The summed E-state index contributed by atoms with van der Waals surface area (Å²) in [5.41, 5.74) is 6.42. The Labute approximate surface area is 118 Å². The normalized spacial score (nSPS) is 23.2. The molecular formula is C15H22FN3O. The predicted molar refractivity (Wildman–Crippen MR) is 77.1 cm³/mol. The highest BCUT2D eigenvalue weighted by Crippen LogP contribution is 2.30. The highest BCUT2D eigenvalue weighted by Gasteiger charge is 2.22. The van der Waals surface area contributed by atoms with E-state index in [0.29, 0.717) is 23.6 Å². The second-order valence-electron chi connectivity index (χ2n) is 5.59. The van der Waals surface area contributed by atoms with E-state index in [1.165, 1.54) is 25.3 Å². The Bertz CT molecular complexity index is 490. The van der Waals surface area contributed by atoms with Crippen molar-refractivity contribution in [2.45, 2.75) is 32.7 Å². The summed E-state index contributed by atoms with van der Waals surface area (Å²) in [5, 5.41) is 14.8. The predicted octanol–water partition coefficient (Wildman–Crippen LogP) is 2.45. The van der Waals surface area contributed by atoms with Gasteiger partial charge in [0.05, 0.1) is 0 Å². The van der Waals surface area contributed by atoms with Crippen LogP contribution in [0.5, 0.6) is 0 Å². The van der Waals surface area contributed by atoms with Gasteiger partial charge in [-0.05, 0) is 30.9 Å². The van der Waals surface area contributed by atoms with E-state index in [1.807, 2.05) is 0 Å². The van der Waals surface area contributed by atoms with Gasteiger partial charge in [0.25, 0.3) is 0 Å². The van der Waals surface area contributed by atoms with E-state index in [0.717, 1.165) is 12.5 Å². The molecule has 2 atom stereocenters. The number of amidine groups is 1. The van der Waals surface area contributed by atoms with Crippen molar-refractivity contribution in [3.05, 3.63) is 35.1 Å². The molecule has 0 aliphatic heterocycles. The van der Waals surface area contributed by atoms with Crippen molar-refractivity contribution in [1.29, 1.82) is 0 Å². The highest BCUT2D eigenvalue weighted by atomic mass is 19.1. The van der Waals surface area contributed by atoms with Crippen molar-refractivity contribution in [3.63, 3.8) is 0 Å². The molecule has 1 aliphatic carbocycles. The Morgan fingerprint density at radius 2 is 2.30 bits per heavy atom. The van der Waals surface area contributed by atoms with Gasteiger partial charge in [-0.15, -0.1) is 0 Å². The van der Waals surface area contributed by atoms with Gasteiger partial charge in [0.2, 0.25) is 0 Å². The molecule has 1 fully saturated rings. The minimum atomic E-state index is -0.332. The quantitative estimate of drug-likeness (QED) is 0.335. The van der Waals surface area contributed by atoms with E-state index in [1.54, 1.807) is 12.1 Å². The molecule has 20 heavy (non-hydrogen) atoms. The molecule has 1 saturated carbocycles. The lowest BCUT2D eigenvalue weighted by atomic mass is 9.98. The van der Waals surface area contributed by atoms with E-state index in [-0.39, 0.29) is 11.7 Å². The van der Waals surface area contributed by atoms with Gasteiger partial charge in [-0.3, -0.25) is 0 Å². The number of nitrogens with zero attached hydrogens (tertiary/aromatic N) is 1. The number of halogens is 1. The van der Waals surface area contributed by atoms with Crippen molar-refractivity contribution >= 4 is 5.84 Å². The molecule has 0 bridgehead atoms. The minimum Gasteiger partial charge on any atom is -0.409 e. The fraction of sp³-hybridized carbons (Fsp3) is 0.533. The van der Waals surface area contributed by atoms with Gasteiger partial charge < -0.3 is 16.3 Å². The standard InChI is InChI=1S/C15H22FN3O/c1-10-3-2-4-12(10)8-18-9-13-6-5-11(7-14(13)16)15(17)19-20/h5-7,10,12,18,20H,2-4,8-9H2,1H3,(H2,17,19). The zero-order chi connectivity index (χ0) is 14.5. The lowest BCUT2D eigenvalue weighted by molar-refractivity contribution is 0.318. The van der Waals surface area contributed by atoms with Crippen molar-refractivity contribution in [3.8, 4) is 0 Å². The highest BCUT2D eigenvalue weighted by molar-refractivity contribution is 5.97. The van der Waals surface area contributed by atoms with Crippen LogP contribution in [0.3, 0.4) is 0 Å². The summed E-state index contributed by atoms with van der Waals surface area (Å²) in [6.45, 7) is 3.72. The maximum atomic E-state index is 13.9. The third-order valence-corrected chi connectivity index (χ3v) is 4.22. The lowest BCUT2D eigenvalue weighted by Gasteiger charge is -2.16. The smallest absolute Gasteiger partial charge is 0.170 e. The molecule has 0 spiro atoms. The summed E-state index contributed by atoms with van der Waals surface area (Å²) in [7, 11) is 0. The zero-order valence-electron chi connectivity index (χ0n) is 11.8. The van der Waals surface area contributed by atoms with Gasteiger partial charge in [0.15, 0.2) is 5.84 Å². The number of rotatable bonds is 5. The summed E-state index contributed by atoms with van der Waals surface area (Å²) in [6.07, 6.45) is 3.87. The van der Waals surface area contributed by atoms with Crippen molar-refractivity contribution in [2.75, 3.05) is 6.54 Å². The molecule has 0 heterocycles. The third kappa shape index (κ3) is 3.48. The summed E-state index contributed by atoms with van der Waals surface area (Å²) in [6, 6.07) is 4.63. The van der Waals surface area contributed by atoms with Gasteiger partial charge in [-0.25, -0.2) is 4.39 Å². The van der Waals surface area contributed by atoms with E-state index < -0.39 is 0 Å². The largest absolute Gasteiger partial charge is 0.409 e. The Kier molecular flexibility index (Phi) is 4.95. The lowest BCUT2D eigenvalue weighted by Crippen LogP contribution is -2.24.